The summed E-state index contributed by atoms with van der Waals surface area (Å²) >= 11 is 5.48. The van der Waals surface area contributed by atoms with Crippen LogP contribution in [0.1, 0.15) is 5.56 Å². The monoisotopic (exact) mass is 330 g/mol. The molecule has 1 aliphatic heterocycles. The van der Waals surface area contributed by atoms with Gasteiger partial charge >= 0.3 is 0 Å². The van der Waals surface area contributed by atoms with Gasteiger partial charge in [0.2, 0.25) is 5.91 Å². The van der Waals surface area contributed by atoms with Crippen molar-refractivity contribution in [3.05, 3.63) is 54.1 Å². The minimum atomic E-state index is -0.292. The number of hydrogen-bond acceptors (Lipinski definition) is 3. The van der Waals surface area contributed by atoms with E-state index in [2.05, 4.69) is 5.32 Å². The molecule has 1 N–H and O–H groups in total. The van der Waals surface area contributed by atoms with Gasteiger partial charge in [0.25, 0.3) is 5.91 Å². The number of benzene rings is 2. The molecule has 118 valence electrons. The molecule has 0 aliphatic carbocycles. The standard InChI is InChI=1S/C17H15ClN2O3/c18-9-16(21)19-13-6-7-14-15(8-13)23-11-17(22)20(14)10-12-4-2-1-3-5-12/h1-8H,9-11H2,(H,19,21). The first kappa shape index (κ1) is 15.4. The third-order valence-electron chi connectivity index (χ3n) is 3.49. The Kier molecular flexibility index (Phi) is 4.48. The van der Waals surface area contributed by atoms with Crippen LogP contribution in [0.3, 0.4) is 0 Å². The molecule has 0 fully saturated rings. The van der Waals surface area contributed by atoms with Gasteiger partial charge in [0.05, 0.1) is 12.2 Å². The summed E-state index contributed by atoms with van der Waals surface area (Å²) in [5, 5.41) is 2.66. The van der Waals surface area contributed by atoms with Crippen molar-refractivity contribution >= 4 is 34.8 Å². The van der Waals surface area contributed by atoms with Crippen molar-refractivity contribution in [3.8, 4) is 5.75 Å². The zero-order valence-corrected chi connectivity index (χ0v) is 13.0. The van der Waals surface area contributed by atoms with Crippen LogP contribution in [0.4, 0.5) is 11.4 Å². The number of alkyl halides is 1. The fraction of sp³-hybridized carbons (Fsp3) is 0.176. The Bertz CT molecular complexity index is 734. The van der Waals surface area contributed by atoms with Crippen molar-refractivity contribution in [2.75, 3.05) is 22.7 Å². The molecule has 0 spiro atoms. The number of anilines is 2. The predicted molar refractivity (Wildman–Crippen MR) is 88.9 cm³/mol. The molecule has 2 aromatic carbocycles. The van der Waals surface area contributed by atoms with E-state index in [1.165, 1.54) is 0 Å². The Morgan fingerprint density at radius 2 is 2.00 bits per heavy atom. The second-order valence-corrected chi connectivity index (χ2v) is 5.39. The predicted octanol–water partition coefficient (Wildman–Crippen LogP) is 2.79. The summed E-state index contributed by atoms with van der Waals surface area (Å²) < 4.78 is 5.48. The maximum atomic E-state index is 12.2. The molecular formula is C17H15ClN2O3. The number of halogens is 1. The van der Waals surface area contributed by atoms with Gasteiger partial charge in [0.1, 0.15) is 11.6 Å². The van der Waals surface area contributed by atoms with Crippen molar-refractivity contribution in [2.45, 2.75) is 6.54 Å². The molecule has 3 rings (SSSR count). The van der Waals surface area contributed by atoms with Crippen LogP contribution in [-0.4, -0.2) is 24.3 Å². The summed E-state index contributed by atoms with van der Waals surface area (Å²) in [6.45, 7) is 0.455. The van der Waals surface area contributed by atoms with Gasteiger partial charge in [0, 0.05) is 11.8 Å². The van der Waals surface area contributed by atoms with E-state index in [-0.39, 0.29) is 24.3 Å². The van der Waals surface area contributed by atoms with Crippen molar-refractivity contribution in [3.63, 3.8) is 0 Å². The highest BCUT2D eigenvalue weighted by Gasteiger charge is 2.25. The molecule has 2 amide bonds. The van der Waals surface area contributed by atoms with Gasteiger partial charge in [-0.1, -0.05) is 30.3 Å². The van der Waals surface area contributed by atoms with Crippen molar-refractivity contribution < 1.29 is 14.3 Å². The Morgan fingerprint density at radius 3 is 2.74 bits per heavy atom. The van der Waals surface area contributed by atoms with E-state index in [4.69, 9.17) is 16.3 Å². The Morgan fingerprint density at radius 1 is 1.22 bits per heavy atom. The molecule has 0 radical (unpaired) electrons. The van der Waals surface area contributed by atoms with Crippen LogP contribution in [-0.2, 0) is 16.1 Å². The molecule has 0 bridgehead atoms. The zero-order valence-electron chi connectivity index (χ0n) is 12.3. The van der Waals surface area contributed by atoms with Gasteiger partial charge in [-0.05, 0) is 17.7 Å². The molecule has 2 aromatic rings. The van der Waals surface area contributed by atoms with E-state index >= 15 is 0 Å². The van der Waals surface area contributed by atoms with E-state index in [0.29, 0.717) is 23.7 Å². The molecule has 1 aliphatic rings. The molecule has 6 heteroatoms. The molecule has 23 heavy (non-hydrogen) atoms. The molecule has 0 atom stereocenters. The van der Waals surface area contributed by atoms with Gasteiger partial charge in [0.15, 0.2) is 6.61 Å². The number of hydrogen-bond donors (Lipinski definition) is 1. The van der Waals surface area contributed by atoms with Crippen LogP contribution in [0.5, 0.6) is 5.75 Å². The molecular weight excluding hydrogens is 316 g/mol. The number of carbonyl (C=O) groups excluding carboxylic acids is 2. The maximum absolute atomic E-state index is 12.2. The van der Waals surface area contributed by atoms with Crippen molar-refractivity contribution in [1.82, 2.24) is 0 Å². The summed E-state index contributed by atoms with van der Waals surface area (Å²) in [5.74, 6) is 0.0581. The molecule has 0 aromatic heterocycles. The van der Waals surface area contributed by atoms with Gasteiger partial charge in [-0.15, -0.1) is 11.6 Å². The van der Waals surface area contributed by atoms with E-state index < -0.39 is 0 Å². The summed E-state index contributed by atoms with van der Waals surface area (Å²) in [5.41, 5.74) is 2.31. The van der Waals surface area contributed by atoms with Gasteiger partial charge in [-0.2, -0.15) is 0 Å². The fourth-order valence-electron chi connectivity index (χ4n) is 2.42. The van der Waals surface area contributed by atoms with Crippen LogP contribution >= 0.6 is 11.6 Å². The van der Waals surface area contributed by atoms with Crippen molar-refractivity contribution in [1.29, 1.82) is 0 Å². The van der Waals surface area contributed by atoms with Crippen LogP contribution in [0, 0.1) is 0 Å². The van der Waals surface area contributed by atoms with Crippen molar-refractivity contribution in [2.24, 2.45) is 0 Å². The SMILES string of the molecule is O=C(CCl)Nc1ccc2c(c1)OCC(=O)N2Cc1ccccc1. The smallest absolute Gasteiger partial charge is 0.265 e. The summed E-state index contributed by atoms with van der Waals surface area (Å²) in [6, 6.07) is 14.9. The minimum Gasteiger partial charge on any atom is -0.481 e. The molecule has 1 heterocycles. The first-order valence-corrected chi connectivity index (χ1v) is 7.68. The maximum Gasteiger partial charge on any atom is 0.265 e. The highest BCUT2D eigenvalue weighted by molar-refractivity contribution is 6.29. The number of rotatable bonds is 4. The lowest BCUT2D eigenvalue weighted by atomic mass is 10.1. The molecule has 0 saturated heterocycles. The average molecular weight is 331 g/mol. The number of nitrogens with one attached hydrogen (secondary N) is 1. The second-order valence-electron chi connectivity index (χ2n) is 5.12. The second kappa shape index (κ2) is 6.71. The third kappa shape index (κ3) is 3.46. The van der Waals surface area contributed by atoms with Crippen LogP contribution in [0.15, 0.2) is 48.5 Å². The molecule has 0 saturated carbocycles. The first-order chi connectivity index (χ1) is 11.2. The van der Waals surface area contributed by atoms with Gasteiger partial charge in [-0.3, -0.25) is 9.59 Å². The van der Waals surface area contributed by atoms with Crippen LogP contribution in [0.25, 0.3) is 0 Å². The zero-order chi connectivity index (χ0) is 16.2. The van der Waals surface area contributed by atoms with E-state index in [0.717, 1.165) is 5.56 Å². The van der Waals surface area contributed by atoms with E-state index in [9.17, 15) is 9.59 Å². The Balaban J connectivity index is 1.86. The Labute approximate surface area is 138 Å². The number of amides is 2. The van der Waals surface area contributed by atoms with E-state index in [1.54, 1.807) is 23.1 Å². The number of fused-ring (bicyclic) bond motifs is 1. The summed E-state index contributed by atoms with van der Waals surface area (Å²) in [7, 11) is 0. The number of nitrogens with zero attached hydrogens (tertiary/aromatic N) is 1. The van der Waals surface area contributed by atoms with E-state index in [1.807, 2.05) is 30.3 Å². The minimum absolute atomic E-state index is 0.0211. The highest BCUT2D eigenvalue weighted by atomic mass is 35.5. The normalized spacial score (nSPS) is 13.3. The Hall–Kier alpha value is -2.53. The lowest BCUT2D eigenvalue weighted by Gasteiger charge is -2.29. The van der Waals surface area contributed by atoms with Crippen LogP contribution < -0.4 is 15.0 Å². The summed E-state index contributed by atoms with van der Waals surface area (Å²) in [6.07, 6.45) is 0. The number of ether oxygens (including phenoxy) is 1. The fourth-order valence-corrected chi connectivity index (χ4v) is 2.48. The molecule has 0 unspecified atom stereocenters. The highest BCUT2D eigenvalue weighted by Crippen LogP contribution is 2.35. The lowest BCUT2D eigenvalue weighted by Crippen LogP contribution is -2.38. The van der Waals surface area contributed by atoms with Gasteiger partial charge < -0.3 is 15.0 Å². The average Bonchev–Trinajstić information content (AvgIpc) is 2.58. The quantitative estimate of drug-likeness (QED) is 0.877. The topological polar surface area (TPSA) is 58.6 Å². The first-order valence-electron chi connectivity index (χ1n) is 7.14. The largest absolute Gasteiger partial charge is 0.481 e. The van der Waals surface area contributed by atoms with Gasteiger partial charge in [-0.25, -0.2) is 0 Å². The van der Waals surface area contributed by atoms with Crippen LogP contribution in [0.2, 0.25) is 0 Å². The molecule has 5 nitrogen and oxygen atoms in total. The summed E-state index contributed by atoms with van der Waals surface area (Å²) in [4.78, 5) is 25.2. The third-order valence-corrected chi connectivity index (χ3v) is 3.73. The number of carbonyl (C=O) groups is 2. The lowest BCUT2D eigenvalue weighted by molar-refractivity contribution is -0.121.